The molecule has 2 aliphatic rings. The van der Waals surface area contributed by atoms with E-state index in [1.165, 1.54) is 7.11 Å². The second kappa shape index (κ2) is 3.65. The van der Waals surface area contributed by atoms with Gasteiger partial charge in [-0.2, -0.15) is 9.38 Å². The van der Waals surface area contributed by atoms with Crippen LogP contribution in [0.1, 0.15) is 0 Å². The summed E-state index contributed by atoms with van der Waals surface area (Å²) in [5.41, 5.74) is 3.86. The molecule has 16 heavy (non-hydrogen) atoms. The van der Waals surface area contributed by atoms with E-state index >= 15 is 0 Å². The summed E-state index contributed by atoms with van der Waals surface area (Å²) >= 11 is 0. The molecule has 1 atom stereocenters. The predicted molar refractivity (Wildman–Crippen MR) is 55.7 cm³/mol. The van der Waals surface area contributed by atoms with Crippen LogP contribution in [0.15, 0.2) is 20.0 Å². The van der Waals surface area contributed by atoms with Gasteiger partial charge in [0.05, 0.1) is 0 Å². The molecule has 0 saturated carbocycles. The molecule has 0 radical (unpaired) electrons. The zero-order chi connectivity index (χ0) is 11.8. The van der Waals surface area contributed by atoms with Gasteiger partial charge < -0.3 is 4.74 Å². The van der Waals surface area contributed by atoms with Gasteiger partial charge in [0, 0.05) is 7.11 Å². The molecule has 8 heteroatoms. The van der Waals surface area contributed by atoms with Crippen molar-refractivity contribution in [3.05, 3.63) is 0 Å². The molecule has 2 heterocycles. The lowest BCUT2D eigenvalue weighted by molar-refractivity contribution is -0.125. The Bertz CT molecular complexity index is 467. The number of aliphatic imine (C=N–C) groups is 4. The molecule has 84 valence electrons. The normalized spacial score (nSPS) is 27.1. The number of nitrogens with zero attached hydrogens (tertiary/aromatic N) is 4. The first-order chi connectivity index (χ1) is 7.58. The maximum atomic E-state index is 13.1. The number of carbonyl (C=O) groups is 1. The van der Waals surface area contributed by atoms with E-state index in [2.05, 4.69) is 24.7 Å². The highest BCUT2D eigenvalue weighted by Crippen LogP contribution is 2.18. The monoisotopic (exact) mass is 225 g/mol. The van der Waals surface area contributed by atoms with Gasteiger partial charge in [-0.15, -0.1) is 0 Å². The van der Waals surface area contributed by atoms with Crippen molar-refractivity contribution in [2.24, 2.45) is 25.7 Å². The average molecular weight is 225 g/mol. The van der Waals surface area contributed by atoms with Gasteiger partial charge in [-0.3, -0.25) is 10.5 Å². The van der Waals surface area contributed by atoms with Crippen LogP contribution in [0, 0.1) is 0 Å². The van der Waals surface area contributed by atoms with E-state index in [4.69, 9.17) is 5.73 Å². The van der Waals surface area contributed by atoms with Crippen molar-refractivity contribution >= 4 is 29.8 Å². The largest absolute Gasteiger partial charge is 0.377 e. The van der Waals surface area contributed by atoms with Gasteiger partial charge >= 0.3 is 6.09 Å². The Balaban J connectivity index is 2.42. The Morgan fingerprint density at radius 2 is 2.44 bits per heavy atom. The van der Waals surface area contributed by atoms with Crippen LogP contribution in [-0.4, -0.2) is 49.1 Å². The summed E-state index contributed by atoms with van der Waals surface area (Å²) in [6, 6.07) is 0. The maximum absolute atomic E-state index is 13.1. The number of ether oxygens (including phenoxy) is 1. The third kappa shape index (κ3) is 1.48. The van der Waals surface area contributed by atoms with Gasteiger partial charge in [0.25, 0.3) is 0 Å². The first-order valence-corrected chi connectivity index (χ1v) is 4.34. The molecule has 0 aromatic rings. The minimum Gasteiger partial charge on any atom is -0.377 e. The van der Waals surface area contributed by atoms with E-state index in [9.17, 15) is 9.18 Å². The van der Waals surface area contributed by atoms with Crippen LogP contribution < -0.4 is 5.73 Å². The second-order valence-electron chi connectivity index (χ2n) is 3.16. The Hall–Kier alpha value is -1.80. The highest BCUT2D eigenvalue weighted by atomic mass is 19.1. The Morgan fingerprint density at radius 3 is 3.12 bits per heavy atom. The summed E-state index contributed by atoms with van der Waals surface area (Å²) in [6.45, 7) is -0.292. The van der Waals surface area contributed by atoms with E-state index in [-0.39, 0.29) is 18.2 Å². The maximum Gasteiger partial charge on any atom is 0.308 e. The molecule has 0 fully saturated rings. The quantitative estimate of drug-likeness (QED) is 0.628. The Morgan fingerprint density at radius 1 is 1.69 bits per heavy atom. The van der Waals surface area contributed by atoms with E-state index in [1.807, 2.05) is 0 Å². The molecule has 7 nitrogen and oxygen atoms in total. The van der Waals surface area contributed by atoms with Crippen molar-refractivity contribution in [3.63, 3.8) is 0 Å². The SMILES string of the molecule is COCC(=O)C1(N)N=C(F)N=C2N=CN=C21. The molecular weight excluding hydrogens is 217 g/mol. The third-order valence-electron chi connectivity index (χ3n) is 2.11. The summed E-state index contributed by atoms with van der Waals surface area (Å²) in [5, 5.41) is 0. The number of hydrogen-bond acceptors (Lipinski definition) is 7. The van der Waals surface area contributed by atoms with Crippen molar-refractivity contribution < 1.29 is 13.9 Å². The lowest BCUT2D eigenvalue weighted by Crippen LogP contribution is -2.58. The predicted octanol–water partition coefficient (Wildman–Crippen LogP) is -0.923. The summed E-state index contributed by atoms with van der Waals surface area (Å²) in [7, 11) is 1.33. The van der Waals surface area contributed by atoms with Gasteiger partial charge in [0.15, 0.2) is 5.84 Å². The van der Waals surface area contributed by atoms with Crippen LogP contribution in [0.25, 0.3) is 0 Å². The fourth-order valence-electron chi connectivity index (χ4n) is 1.36. The summed E-state index contributed by atoms with van der Waals surface area (Å²) in [5.74, 6) is -0.638. The highest BCUT2D eigenvalue weighted by molar-refractivity contribution is 6.54. The number of ketones is 1. The van der Waals surface area contributed by atoms with Gasteiger partial charge in [-0.05, 0) is 0 Å². The summed E-state index contributed by atoms with van der Waals surface area (Å²) < 4.78 is 17.7. The number of fused-ring (bicyclic) bond motifs is 1. The number of carbonyl (C=O) groups excluding carboxylic acids is 1. The van der Waals surface area contributed by atoms with Crippen LogP contribution in [0.3, 0.4) is 0 Å². The van der Waals surface area contributed by atoms with Crippen LogP contribution in [0.2, 0.25) is 0 Å². The smallest absolute Gasteiger partial charge is 0.308 e. The zero-order valence-corrected chi connectivity index (χ0v) is 8.35. The first-order valence-electron chi connectivity index (χ1n) is 4.34. The number of nitrogens with two attached hydrogens (primary N) is 1. The molecule has 0 spiro atoms. The molecule has 0 amide bonds. The van der Waals surface area contributed by atoms with Crippen molar-refractivity contribution in [1.29, 1.82) is 0 Å². The number of hydrogen-bond donors (Lipinski definition) is 1. The number of halogens is 1. The average Bonchev–Trinajstić information content (AvgIpc) is 2.66. The Labute approximate surface area is 89.6 Å². The summed E-state index contributed by atoms with van der Waals surface area (Å²) in [4.78, 5) is 25.9. The van der Waals surface area contributed by atoms with Gasteiger partial charge in [0.2, 0.25) is 11.4 Å². The van der Waals surface area contributed by atoms with E-state index in [0.29, 0.717) is 0 Å². The van der Waals surface area contributed by atoms with E-state index in [0.717, 1.165) is 6.34 Å². The van der Waals surface area contributed by atoms with Gasteiger partial charge in [0.1, 0.15) is 18.7 Å². The molecule has 0 bridgehead atoms. The standard InChI is InChI=1S/C8H8FN5O2/c1-16-2-4(15)8(10)5-6(12-3-11-5)13-7(9)14-8/h3H,2,10H2,1H3. The number of rotatable bonds is 3. The molecule has 2 rings (SSSR count). The van der Waals surface area contributed by atoms with Crippen LogP contribution in [0.4, 0.5) is 4.39 Å². The first kappa shape index (κ1) is 10.7. The minimum atomic E-state index is -1.90. The van der Waals surface area contributed by atoms with E-state index in [1.54, 1.807) is 0 Å². The highest BCUT2D eigenvalue weighted by Gasteiger charge is 2.45. The zero-order valence-electron chi connectivity index (χ0n) is 8.35. The van der Waals surface area contributed by atoms with Crippen LogP contribution in [-0.2, 0) is 9.53 Å². The Kier molecular flexibility index (Phi) is 2.44. The van der Waals surface area contributed by atoms with E-state index < -0.39 is 17.5 Å². The lowest BCUT2D eigenvalue weighted by Gasteiger charge is -2.24. The molecule has 2 aliphatic heterocycles. The fourth-order valence-corrected chi connectivity index (χ4v) is 1.36. The second-order valence-corrected chi connectivity index (χ2v) is 3.16. The molecular formula is C8H8FN5O2. The van der Waals surface area contributed by atoms with Gasteiger partial charge in [-0.25, -0.2) is 15.0 Å². The van der Waals surface area contributed by atoms with Crippen molar-refractivity contribution in [1.82, 2.24) is 0 Å². The van der Waals surface area contributed by atoms with Crippen LogP contribution >= 0.6 is 0 Å². The van der Waals surface area contributed by atoms with Crippen molar-refractivity contribution in [2.45, 2.75) is 5.66 Å². The molecule has 0 aliphatic carbocycles. The van der Waals surface area contributed by atoms with Crippen LogP contribution in [0.5, 0.6) is 0 Å². The van der Waals surface area contributed by atoms with Gasteiger partial charge in [-0.1, -0.05) is 0 Å². The number of Topliss-reactive ketones (excluding diaryl/α,β-unsaturated/α-hetero) is 1. The summed E-state index contributed by atoms with van der Waals surface area (Å²) in [6.07, 6.45) is 0.0456. The van der Waals surface area contributed by atoms with Crippen molar-refractivity contribution in [2.75, 3.05) is 13.7 Å². The van der Waals surface area contributed by atoms with Crippen molar-refractivity contribution in [3.8, 4) is 0 Å². The molecule has 0 saturated heterocycles. The lowest BCUT2D eigenvalue weighted by atomic mass is 9.99. The topological polar surface area (TPSA) is 102 Å². The molecule has 0 aromatic carbocycles. The molecule has 1 unspecified atom stereocenters. The molecule has 2 N–H and O–H groups in total. The minimum absolute atomic E-state index is 0.0283. The number of amidine groups is 2. The third-order valence-corrected chi connectivity index (χ3v) is 2.11. The molecule has 0 aromatic heterocycles. The fraction of sp³-hybridized carbons (Fsp3) is 0.375. The number of methoxy groups -OCH3 is 1.